The highest BCUT2D eigenvalue weighted by atomic mass is 35.5. The topological polar surface area (TPSA) is 22.1 Å². The molecular formula is C13H11ClFNO. The number of halogens is 2. The van der Waals surface area contributed by atoms with Crippen molar-refractivity contribution in [3.8, 4) is 16.9 Å². The Kier molecular flexibility index (Phi) is 3.59. The molecule has 0 saturated carbocycles. The third-order valence-electron chi connectivity index (χ3n) is 2.51. The van der Waals surface area contributed by atoms with Gasteiger partial charge in [-0.15, -0.1) is 11.6 Å². The van der Waals surface area contributed by atoms with Crippen LogP contribution in [0.15, 0.2) is 36.7 Å². The highest BCUT2D eigenvalue weighted by Crippen LogP contribution is 2.31. The summed E-state index contributed by atoms with van der Waals surface area (Å²) in [6.45, 7) is 0. The smallest absolute Gasteiger partial charge is 0.142 e. The Labute approximate surface area is 104 Å². The Morgan fingerprint density at radius 2 is 2.18 bits per heavy atom. The Morgan fingerprint density at radius 3 is 2.82 bits per heavy atom. The number of rotatable bonds is 3. The quantitative estimate of drug-likeness (QED) is 0.777. The maximum atomic E-state index is 13.2. The Bertz CT molecular complexity index is 531. The molecule has 0 aliphatic rings. The third kappa shape index (κ3) is 2.39. The van der Waals surface area contributed by atoms with Crippen molar-refractivity contribution in [3.05, 3.63) is 48.0 Å². The summed E-state index contributed by atoms with van der Waals surface area (Å²) in [6, 6.07) is 6.32. The Hall–Kier alpha value is -1.61. The molecule has 0 spiro atoms. The molecular weight excluding hydrogens is 241 g/mol. The largest absolute Gasteiger partial charge is 0.495 e. The van der Waals surface area contributed by atoms with E-state index in [0.29, 0.717) is 5.75 Å². The van der Waals surface area contributed by atoms with E-state index in [-0.39, 0.29) is 11.7 Å². The summed E-state index contributed by atoms with van der Waals surface area (Å²) < 4.78 is 18.4. The first-order chi connectivity index (χ1) is 8.26. The van der Waals surface area contributed by atoms with Gasteiger partial charge in [-0.05, 0) is 17.7 Å². The van der Waals surface area contributed by atoms with Gasteiger partial charge in [0.2, 0.25) is 0 Å². The molecule has 88 valence electrons. The molecule has 1 heterocycles. The first-order valence-corrected chi connectivity index (χ1v) is 5.62. The summed E-state index contributed by atoms with van der Waals surface area (Å²) in [5.74, 6) is 0.616. The maximum absolute atomic E-state index is 13.2. The van der Waals surface area contributed by atoms with Crippen LogP contribution in [0.25, 0.3) is 11.1 Å². The van der Waals surface area contributed by atoms with Crippen LogP contribution in [0.5, 0.6) is 5.75 Å². The second-order valence-corrected chi connectivity index (χ2v) is 3.78. The van der Waals surface area contributed by atoms with E-state index in [0.717, 1.165) is 16.7 Å². The second-order valence-electron chi connectivity index (χ2n) is 3.51. The van der Waals surface area contributed by atoms with Gasteiger partial charge in [0.05, 0.1) is 19.2 Å². The maximum Gasteiger partial charge on any atom is 0.142 e. The van der Waals surface area contributed by atoms with Gasteiger partial charge in [-0.25, -0.2) is 4.39 Å². The molecule has 0 amide bonds. The van der Waals surface area contributed by atoms with Gasteiger partial charge in [0.15, 0.2) is 0 Å². The number of methoxy groups -OCH3 is 1. The Morgan fingerprint density at radius 1 is 1.35 bits per heavy atom. The summed E-state index contributed by atoms with van der Waals surface area (Å²) in [4.78, 5) is 4.06. The summed E-state index contributed by atoms with van der Waals surface area (Å²) in [6.07, 6.45) is 3.26. The van der Waals surface area contributed by atoms with Crippen LogP contribution in [-0.2, 0) is 5.88 Å². The lowest BCUT2D eigenvalue weighted by atomic mass is 10.0. The number of hydrogen-bond acceptors (Lipinski definition) is 2. The van der Waals surface area contributed by atoms with Crippen molar-refractivity contribution in [3.63, 3.8) is 0 Å². The number of benzene rings is 1. The molecule has 2 nitrogen and oxygen atoms in total. The lowest BCUT2D eigenvalue weighted by molar-refractivity contribution is 0.409. The highest BCUT2D eigenvalue weighted by molar-refractivity contribution is 6.17. The standard InChI is InChI=1S/C13H11ClFNO/c1-17-13-8-16-7-12(11(13)6-14)9-3-2-4-10(15)5-9/h2-5,7-8H,6H2,1H3. The molecule has 0 unspecified atom stereocenters. The van der Waals surface area contributed by atoms with Crippen molar-refractivity contribution in [2.45, 2.75) is 5.88 Å². The fraction of sp³-hybridized carbons (Fsp3) is 0.154. The molecule has 0 radical (unpaired) electrons. The fourth-order valence-electron chi connectivity index (χ4n) is 1.69. The van der Waals surface area contributed by atoms with Crippen molar-refractivity contribution >= 4 is 11.6 Å². The molecule has 2 rings (SSSR count). The van der Waals surface area contributed by atoms with Crippen LogP contribution in [-0.4, -0.2) is 12.1 Å². The van der Waals surface area contributed by atoms with Gasteiger partial charge < -0.3 is 4.74 Å². The van der Waals surface area contributed by atoms with Crippen LogP contribution in [0.3, 0.4) is 0 Å². The summed E-state index contributed by atoms with van der Waals surface area (Å²) in [7, 11) is 1.56. The molecule has 1 aromatic carbocycles. The zero-order valence-corrected chi connectivity index (χ0v) is 10.0. The van der Waals surface area contributed by atoms with E-state index in [2.05, 4.69) is 4.98 Å². The average Bonchev–Trinajstić information content (AvgIpc) is 2.37. The molecule has 2 aromatic rings. The van der Waals surface area contributed by atoms with E-state index < -0.39 is 0 Å². The zero-order valence-electron chi connectivity index (χ0n) is 9.28. The molecule has 4 heteroatoms. The third-order valence-corrected chi connectivity index (χ3v) is 2.77. The van der Waals surface area contributed by atoms with Gasteiger partial charge in [-0.2, -0.15) is 0 Å². The molecule has 0 saturated heterocycles. The van der Waals surface area contributed by atoms with Crippen LogP contribution in [0.1, 0.15) is 5.56 Å². The first-order valence-electron chi connectivity index (χ1n) is 5.09. The summed E-state index contributed by atoms with van der Waals surface area (Å²) in [5.41, 5.74) is 2.35. The fourth-order valence-corrected chi connectivity index (χ4v) is 1.96. The minimum absolute atomic E-state index is 0.286. The number of ether oxygens (including phenoxy) is 1. The number of hydrogen-bond donors (Lipinski definition) is 0. The number of nitrogens with zero attached hydrogens (tertiary/aromatic N) is 1. The molecule has 0 bridgehead atoms. The van der Waals surface area contributed by atoms with Crippen LogP contribution in [0.2, 0.25) is 0 Å². The zero-order chi connectivity index (χ0) is 12.3. The molecule has 0 aliphatic carbocycles. The van der Waals surface area contributed by atoms with Crippen LogP contribution in [0, 0.1) is 5.82 Å². The minimum atomic E-state index is -0.286. The predicted octanol–water partition coefficient (Wildman–Crippen LogP) is 3.64. The van der Waals surface area contributed by atoms with E-state index in [1.54, 1.807) is 25.6 Å². The van der Waals surface area contributed by atoms with Crippen molar-refractivity contribution in [1.29, 1.82) is 0 Å². The highest BCUT2D eigenvalue weighted by Gasteiger charge is 2.10. The van der Waals surface area contributed by atoms with E-state index in [9.17, 15) is 4.39 Å². The molecule has 1 aromatic heterocycles. The van der Waals surface area contributed by atoms with E-state index in [1.807, 2.05) is 6.07 Å². The summed E-state index contributed by atoms with van der Waals surface area (Å²) in [5, 5.41) is 0. The number of aromatic nitrogens is 1. The molecule has 0 aliphatic heterocycles. The Balaban J connectivity index is 2.59. The predicted molar refractivity (Wildman–Crippen MR) is 65.7 cm³/mol. The van der Waals surface area contributed by atoms with Crippen molar-refractivity contribution < 1.29 is 9.13 Å². The van der Waals surface area contributed by atoms with Crippen LogP contribution < -0.4 is 4.74 Å². The van der Waals surface area contributed by atoms with Gasteiger partial charge in [-0.3, -0.25) is 4.98 Å². The summed E-state index contributed by atoms with van der Waals surface area (Å²) >= 11 is 5.90. The second kappa shape index (κ2) is 5.15. The lowest BCUT2D eigenvalue weighted by Crippen LogP contribution is -1.95. The number of pyridine rings is 1. The van der Waals surface area contributed by atoms with Gasteiger partial charge in [0, 0.05) is 17.3 Å². The normalized spacial score (nSPS) is 10.3. The number of alkyl halides is 1. The monoisotopic (exact) mass is 251 g/mol. The van der Waals surface area contributed by atoms with Crippen molar-refractivity contribution in [1.82, 2.24) is 4.98 Å². The van der Waals surface area contributed by atoms with Gasteiger partial charge >= 0.3 is 0 Å². The SMILES string of the molecule is COc1cncc(-c2cccc(F)c2)c1CCl. The molecule has 17 heavy (non-hydrogen) atoms. The van der Waals surface area contributed by atoms with Gasteiger partial charge in [0.1, 0.15) is 11.6 Å². The minimum Gasteiger partial charge on any atom is -0.495 e. The molecule has 0 N–H and O–H groups in total. The van der Waals surface area contributed by atoms with Gasteiger partial charge in [0.25, 0.3) is 0 Å². The van der Waals surface area contributed by atoms with E-state index in [4.69, 9.17) is 16.3 Å². The lowest BCUT2D eigenvalue weighted by Gasteiger charge is -2.11. The molecule has 0 atom stereocenters. The molecule has 0 fully saturated rings. The van der Waals surface area contributed by atoms with E-state index >= 15 is 0 Å². The van der Waals surface area contributed by atoms with Crippen molar-refractivity contribution in [2.75, 3.05) is 7.11 Å². The van der Waals surface area contributed by atoms with E-state index in [1.165, 1.54) is 12.1 Å². The van der Waals surface area contributed by atoms with Crippen molar-refractivity contribution in [2.24, 2.45) is 0 Å². The average molecular weight is 252 g/mol. The van der Waals surface area contributed by atoms with Crippen LogP contribution >= 0.6 is 11.6 Å². The van der Waals surface area contributed by atoms with Crippen LogP contribution in [0.4, 0.5) is 4.39 Å². The van der Waals surface area contributed by atoms with Gasteiger partial charge in [-0.1, -0.05) is 12.1 Å². The first kappa shape index (κ1) is 11.9.